The first-order valence-electron chi connectivity index (χ1n) is 8.16. The predicted octanol–water partition coefficient (Wildman–Crippen LogP) is 3.45. The lowest BCUT2D eigenvalue weighted by Crippen LogP contribution is -2.38. The van der Waals surface area contributed by atoms with Crippen LogP contribution in [-0.2, 0) is 9.53 Å². The van der Waals surface area contributed by atoms with E-state index in [9.17, 15) is 9.59 Å². The highest BCUT2D eigenvalue weighted by molar-refractivity contribution is 6.32. The number of esters is 1. The van der Waals surface area contributed by atoms with Gasteiger partial charge in [0.05, 0.1) is 23.8 Å². The van der Waals surface area contributed by atoms with Crippen LogP contribution in [0.25, 0.3) is 0 Å². The van der Waals surface area contributed by atoms with Crippen LogP contribution in [0.4, 0.5) is 0 Å². The molecule has 25 heavy (non-hydrogen) atoms. The Hall–Kier alpha value is -1.95. The van der Waals surface area contributed by atoms with Gasteiger partial charge in [0.25, 0.3) is 5.91 Å². The summed E-state index contributed by atoms with van der Waals surface area (Å²) in [5, 5.41) is 3.00. The van der Waals surface area contributed by atoms with Crippen molar-refractivity contribution in [1.82, 2.24) is 5.32 Å². The first-order chi connectivity index (χ1) is 11.6. The first-order valence-corrected chi connectivity index (χ1v) is 8.54. The molecule has 0 fully saturated rings. The minimum absolute atomic E-state index is 0.00629. The molecular weight excluding hydrogens is 346 g/mol. The zero-order valence-electron chi connectivity index (χ0n) is 15.5. The minimum atomic E-state index is -0.663. The second kappa shape index (κ2) is 9.51. The summed E-state index contributed by atoms with van der Waals surface area (Å²) >= 11 is 6.18. The molecule has 0 aliphatic carbocycles. The molecule has 0 spiro atoms. The summed E-state index contributed by atoms with van der Waals surface area (Å²) in [6.45, 7) is 9.23. The van der Waals surface area contributed by atoms with Crippen LogP contribution in [0.5, 0.6) is 11.5 Å². The largest absolute Gasteiger partial charge is 0.493 e. The lowest BCUT2D eigenvalue weighted by atomic mass is 10.1. The summed E-state index contributed by atoms with van der Waals surface area (Å²) < 4.78 is 15.9. The number of carbonyl (C=O) groups excluding carboxylic acids is 2. The molecule has 6 nitrogen and oxygen atoms in total. The molecule has 0 aliphatic heterocycles. The molecule has 0 bridgehead atoms. The van der Waals surface area contributed by atoms with Crippen molar-refractivity contribution in [2.75, 3.05) is 13.7 Å². The second-order valence-corrected chi connectivity index (χ2v) is 6.74. The third-order valence-electron chi connectivity index (χ3n) is 3.54. The van der Waals surface area contributed by atoms with E-state index in [4.69, 9.17) is 25.8 Å². The normalized spacial score (nSPS) is 12.0. The van der Waals surface area contributed by atoms with Gasteiger partial charge < -0.3 is 19.5 Å². The summed E-state index contributed by atoms with van der Waals surface area (Å²) in [5.74, 6) is -0.0440. The first kappa shape index (κ1) is 21.1. The number of hydrogen-bond donors (Lipinski definition) is 1. The second-order valence-electron chi connectivity index (χ2n) is 6.33. The van der Waals surface area contributed by atoms with Crippen LogP contribution in [0, 0.1) is 5.92 Å². The number of ether oxygens (including phenoxy) is 3. The number of carbonyl (C=O) groups is 2. The lowest BCUT2D eigenvalue weighted by Gasteiger charge is -2.17. The van der Waals surface area contributed by atoms with Gasteiger partial charge in [-0.3, -0.25) is 4.79 Å². The monoisotopic (exact) mass is 371 g/mol. The van der Waals surface area contributed by atoms with Crippen molar-refractivity contribution >= 4 is 23.5 Å². The highest BCUT2D eigenvalue weighted by Gasteiger charge is 2.19. The quantitative estimate of drug-likeness (QED) is 0.708. The van der Waals surface area contributed by atoms with E-state index in [2.05, 4.69) is 5.32 Å². The van der Waals surface area contributed by atoms with Gasteiger partial charge >= 0.3 is 5.97 Å². The number of benzene rings is 1. The molecule has 1 N–H and O–H groups in total. The smallest absolute Gasteiger partial charge is 0.338 e. The van der Waals surface area contributed by atoms with E-state index in [0.717, 1.165) is 0 Å². The van der Waals surface area contributed by atoms with Gasteiger partial charge in [0.15, 0.2) is 18.1 Å². The molecule has 7 heteroatoms. The zero-order valence-corrected chi connectivity index (χ0v) is 16.3. The van der Waals surface area contributed by atoms with E-state index in [1.165, 1.54) is 19.2 Å². The van der Waals surface area contributed by atoms with E-state index in [1.807, 2.05) is 34.6 Å². The fourth-order valence-electron chi connectivity index (χ4n) is 1.86. The van der Waals surface area contributed by atoms with Crippen LogP contribution in [0.3, 0.4) is 0 Å². The number of halogens is 1. The van der Waals surface area contributed by atoms with E-state index in [1.54, 1.807) is 0 Å². The molecule has 1 amide bonds. The topological polar surface area (TPSA) is 73.9 Å². The summed E-state index contributed by atoms with van der Waals surface area (Å²) in [7, 11) is 1.45. The van der Waals surface area contributed by atoms with Crippen molar-refractivity contribution in [2.45, 2.75) is 46.8 Å². The zero-order chi connectivity index (χ0) is 19.1. The Morgan fingerprint density at radius 2 is 1.80 bits per heavy atom. The Labute approximate surface area is 153 Å². The molecular formula is C18H26ClNO5. The Morgan fingerprint density at radius 1 is 1.16 bits per heavy atom. The Balaban J connectivity index is 2.79. The Bertz CT molecular complexity index is 616. The molecule has 1 rings (SSSR count). The average Bonchev–Trinajstić information content (AvgIpc) is 2.53. The van der Waals surface area contributed by atoms with Crippen molar-refractivity contribution < 1.29 is 23.8 Å². The van der Waals surface area contributed by atoms with Crippen LogP contribution in [0.2, 0.25) is 5.02 Å². The highest BCUT2D eigenvalue weighted by atomic mass is 35.5. The Kier molecular flexibility index (Phi) is 8.03. The van der Waals surface area contributed by atoms with Crippen molar-refractivity contribution in [3.63, 3.8) is 0 Å². The average molecular weight is 372 g/mol. The molecule has 1 aromatic carbocycles. The van der Waals surface area contributed by atoms with E-state index in [-0.39, 0.29) is 41.2 Å². The van der Waals surface area contributed by atoms with Gasteiger partial charge in [0.1, 0.15) is 0 Å². The van der Waals surface area contributed by atoms with Crippen LogP contribution in [0.1, 0.15) is 45.0 Å². The standard InChI is InChI=1S/C18H26ClNO5/c1-10(2)12(5)20-16(21)9-24-18(22)13-7-14(19)17(25-11(3)4)15(8-13)23-6/h7-8,10-12H,9H2,1-6H3,(H,20,21)/t12-/m1/s1. The van der Waals surface area contributed by atoms with Gasteiger partial charge in [-0.15, -0.1) is 0 Å². The molecule has 0 unspecified atom stereocenters. The molecule has 1 atom stereocenters. The van der Waals surface area contributed by atoms with Crippen LogP contribution in [-0.4, -0.2) is 37.7 Å². The van der Waals surface area contributed by atoms with E-state index in [0.29, 0.717) is 11.5 Å². The molecule has 0 aromatic heterocycles. The fourth-order valence-corrected chi connectivity index (χ4v) is 2.12. The van der Waals surface area contributed by atoms with Crippen LogP contribution >= 0.6 is 11.6 Å². The van der Waals surface area contributed by atoms with E-state index < -0.39 is 5.97 Å². The van der Waals surface area contributed by atoms with Gasteiger partial charge in [-0.25, -0.2) is 4.79 Å². The van der Waals surface area contributed by atoms with Crippen molar-refractivity contribution in [1.29, 1.82) is 0 Å². The number of rotatable bonds is 8. The maximum Gasteiger partial charge on any atom is 0.338 e. The van der Waals surface area contributed by atoms with E-state index >= 15 is 0 Å². The van der Waals surface area contributed by atoms with Gasteiger partial charge in [-0.2, -0.15) is 0 Å². The molecule has 0 saturated carbocycles. The predicted molar refractivity (Wildman–Crippen MR) is 96.5 cm³/mol. The van der Waals surface area contributed by atoms with Gasteiger partial charge in [0.2, 0.25) is 0 Å². The summed E-state index contributed by atoms with van der Waals surface area (Å²) in [4.78, 5) is 24.0. The third-order valence-corrected chi connectivity index (χ3v) is 3.82. The summed E-state index contributed by atoms with van der Waals surface area (Å²) in [5.41, 5.74) is 0.183. The van der Waals surface area contributed by atoms with Crippen LogP contribution < -0.4 is 14.8 Å². The molecule has 0 aliphatic rings. The molecule has 140 valence electrons. The third kappa shape index (κ3) is 6.46. The van der Waals surface area contributed by atoms with Gasteiger partial charge in [0, 0.05) is 6.04 Å². The number of methoxy groups -OCH3 is 1. The van der Waals surface area contributed by atoms with Crippen molar-refractivity contribution in [3.05, 3.63) is 22.7 Å². The molecule has 1 aromatic rings. The maximum atomic E-state index is 12.2. The molecule has 0 heterocycles. The van der Waals surface area contributed by atoms with Crippen LogP contribution in [0.15, 0.2) is 12.1 Å². The molecule has 0 saturated heterocycles. The summed E-state index contributed by atoms with van der Waals surface area (Å²) in [6.07, 6.45) is -0.101. The van der Waals surface area contributed by atoms with Crippen molar-refractivity contribution in [2.24, 2.45) is 5.92 Å². The minimum Gasteiger partial charge on any atom is -0.493 e. The van der Waals surface area contributed by atoms with Gasteiger partial charge in [-0.1, -0.05) is 25.4 Å². The Morgan fingerprint density at radius 3 is 2.32 bits per heavy atom. The SMILES string of the molecule is COc1cc(C(=O)OCC(=O)N[C@H](C)C(C)C)cc(Cl)c1OC(C)C. The van der Waals surface area contributed by atoms with Gasteiger partial charge in [-0.05, 0) is 38.8 Å². The maximum absolute atomic E-state index is 12.2. The number of hydrogen-bond acceptors (Lipinski definition) is 5. The lowest BCUT2D eigenvalue weighted by molar-refractivity contribution is -0.125. The molecule has 0 radical (unpaired) electrons. The summed E-state index contributed by atoms with van der Waals surface area (Å²) in [6, 6.07) is 2.90. The number of nitrogens with one attached hydrogen (secondary N) is 1. The van der Waals surface area contributed by atoms with Crippen molar-refractivity contribution in [3.8, 4) is 11.5 Å². The fraction of sp³-hybridized carbons (Fsp3) is 0.556. The number of amides is 1. The highest BCUT2D eigenvalue weighted by Crippen LogP contribution is 2.37.